The molecule has 1 aliphatic carbocycles. The van der Waals surface area contributed by atoms with Gasteiger partial charge in [0.25, 0.3) is 0 Å². The van der Waals surface area contributed by atoms with Crippen LogP contribution in [-0.4, -0.2) is 46.7 Å². The Morgan fingerprint density at radius 1 is 0.786 bits per heavy atom. The molecule has 2 N–H and O–H groups in total. The molecule has 0 aliphatic heterocycles. The predicted molar refractivity (Wildman–Crippen MR) is 120 cm³/mol. The second-order valence-corrected chi connectivity index (χ2v) is 8.80. The van der Waals surface area contributed by atoms with Crippen molar-refractivity contribution >= 4 is 31.9 Å². The molecule has 0 fully saturated rings. The van der Waals surface area contributed by atoms with Gasteiger partial charge in [-0.15, -0.1) is 0 Å². The van der Waals surface area contributed by atoms with Gasteiger partial charge in [0.1, 0.15) is 0 Å². The van der Waals surface area contributed by atoms with E-state index in [1.165, 1.54) is 22.3 Å². The van der Waals surface area contributed by atoms with Gasteiger partial charge in [-0.2, -0.15) is 0 Å². The molecule has 0 amide bonds. The summed E-state index contributed by atoms with van der Waals surface area (Å²) >= 11 is 7.33. The van der Waals surface area contributed by atoms with Gasteiger partial charge < -0.3 is 19.9 Å². The topological polar surface area (TPSA) is 53.7 Å². The maximum atomic E-state index is 5.87. The zero-order valence-electron chi connectivity index (χ0n) is 16.2. The Labute approximate surface area is 184 Å². The number of rotatable bonds is 11. The van der Waals surface area contributed by atoms with Crippen molar-refractivity contribution in [1.82, 2.24) is 0 Å². The van der Waals surface area contributed by atoms with Gasteiger partial charge in [-0.1, -0.05) is 44.0 Å². The average Bonchev–Trinajstić information content (AvgIpc) is 2.94. The van der Waals surface area contributed by atoms with E-state index in [2.05, 4.69) is 68.3 Å². The molecule has 0 saturated carbocycles. The van der Waals surface area contributed by atoms with E-state index in [0.717, 1.165) is 21.8 Å². The highest BCUT2D eigenvalue weighted by Gasteiger charge is 2.42. The molecular formula is C22H27Br2NO3. The number of methoxy groups -OCH3 is 1. The molecule has 6 heteroatoms. The highest BCUT2D eigenvalue weighted by atomic mass is 79.9. The smallest absolute Gasteiger partial charge is 0.0700 e. The van der Waals surface area contributed by atoms with Gasteiger partial charge in [-0.05, 0) is 59.4 Å². The summed E-state index contributed by atoms with van der Waals surface area (Å²) < 4.78 is 18.9. The van der Waals surface area contributed by atoms with Crippen molar-refractivity contribution in [2.75, 3.05) is 46.7 Å². The van der Waals surface area contributed by atoms with Crippen molar-refractivity contribution in [3.05, 3.63) is 56.5 Å². The van der Waals surface area contributed by atoms with E-state index in [-0.39, 0.29) is 5.41 Å². The van der Waals surface area contributed by atoms with Crippen molar-refractivity contribution in [2.45, 2.75) is 18.3 Å². The van der Waals surface area contributed by atoms with Crippen LogP contribution < -0.4 is 5.73 Å². The fourth-order valence-electron chi connectivity index (χ4n) is 4.03. The molecule has 0 atom stereocenters. The first-order valence-corrected chi connectivity index (χ1v) is 11.2. The van der Waals surface area contributed by atoms with Gasteiger partial charge in [-0.3, -0.25) is 0 Å². The van der Waals surface area contributed by atoms with Crippen molar-refractivity contribution in [2.24, 2.45) is 5.73 Å². The molecule has 2 aromatic rings. The van der Waals surface area contributed by atoms with Crippen LogP contribution in [0.1, 0.15) is 24.0 Å². The summed E-state index contributed by atoms with van der Waals surface area (Å²) in [6.45, 7) is 3.66. The van der Waals surface area contributed by atoms with Crippen LogP contribution in [-0.2, 0) is 19.6 Å². The Morgan fingerprint density at radius 3 is 1.82 bits per heavy atom. The van der Waals surface area contributed by atoms with Crippen molar-refractivity contribution in [3.63, 3.8) is 0 Å². The fourth-order valence-corrected chi connectivity index (χ4v) is 4.75. The van der Waals surface area contributed by atoms with Gasteiger partial charge in [0.2, 0.25) is 0 Å². The molecule has 0 aromatic heterocycles. The number of ether oxygens (including phenoxy) is 3. The molecule has 0 unspecified atom stereocenters. The van der Waals surface area contributed by atoms with Crippen LogP contribution in [0.3, 0.4) is 0 Å². The second kappa shape index (κ2) is 10.3. The quantitative estimate of drug-likeness (QED) is 0.435. The van der Waals surface area contributed by atoms with Gasteiger partial charge in [0.15, 0.2) is 0 Å². The molecule has 3 rings (SSSR count). The Kier molecular flexibility index (Phi) is 8.09. The normalized spacial score (nSPS) is 14.1. The van der Waals surface area contributed by atoms with E-state index in [9.17, 15) is 0 Å². The zero-order chi connectivity index (χ0) is 20.0. The maximum Gasteiger partial charge on any atom is 0.0700 e. The van der Waals surface area contributed by atoms with Crippen LogP contribution in [0.4, 0.5) is 0 Å². The van der Waals surface area contributed by atoms with E-state index >= 15 is 0 Å². The van der Waals surface area contributed by atoms with Crippen LogP contribution in [0.15, 0.2) is 45.3 Å². The Morgan fingerprint density at radius 2 is 1.32 bits per heavy atom. The highest BCUT2D eigenvalue weighted by Crippen LogP contribution is 2.53. The average molecular weight is 513 g/mol. The minimum Gasteiger partial charge on any atom is -0.382 e. The number of nitrogens with two attached hydrogens (primary N) is 1. The predicted octanol–water partition coefficient (Wildman–Crippen LogP) is 4.90. The number of fused-ring (bicyclic) bond motifs is 3. The molecule has 0 saturated heterocycles. The molecule has 0 spiro atoms. The summed E-state index contributed by atoms with van der Waals surface area (Å²) in [6.07, 6.45) is 1.77. The fraction of sp³-hybridized carbons (Fsp3) is 0.455. The molecule has 4 nitrogen and oxygen atoms in total. The van der Waals surface area contributed by atoms with Crippen LogP contribution in [0.25, 0.3) is 11.1 Å². The molecule has 0 radical (unpaired) electrons. The van der Waals surface area contributed by atoms with Crippen molar-refractivity contribution in [3.8, 4) is 11.1 Å². The summed E-state index contributed by atoms with van der Waals surface area (Å²) in [6, 6.07) is 13.1. The van der Waals surface area contributed by atoms with Gasteiger partial charge in [-0.25, -0.2) is 0 Å². The van der Waals surface area contributed by atoms with Crippen LogP contribution in [0.5, 0.6) is 0 Å². The summed E-state index contributed by atoms with van der Waals surface area (Å²) in [5, 5.41) is 0. The van der Waals surface area contributed by atoms with Crippen LogP contribution >= 0.6 is 31.9 Å². The van der Waals surface area contributed by atoms with Crippen molar-refractivity contribution in [1.29, 1.82) is 0 Å². The zero-order valence-corrected chi connectivity index (χ0v) is 19.4. The summed E-state index contributed by atoms with van der Waals surface area (Å²) in [7, 11) is 1.69. The SMILES string of the molecule is COCCOCCC1(CCOCCN)c2cc(Br)ccc2-c2ccc(Br)cc21. The van der Waals surface area contributed by atoms with Crippen LogP contribution in [0, 0.1) is 0 Å². The first kappa shape index (κ1) is 21.9. The molecule has 0 heterocycles. The van der Waals surface area contributed by atoms with Crippen molar-refractivity contribution < 1.29 is 14.2 Å². The van der Waals surface area contributed by atoms with E-state index in [0.29, 0.717) is 39.6 Å². The lowest BCUT2D eigenvalue weighted by molar-refractivity contribution is 0.0586. The molecular weight excluding hydrogens is 486 g/mol. The molecule has 1 aliphatic rings. The van der Waals surface area contributed by atoms with Gasteiger partial charge in [0, 0.05) is 41.2 Å². The first-order valence-electron chi connectivity index (χ1n) is 9.57. The van der Waals surface area contributed by atoms with E-state index in [1.54, 1.807) is 7.11 Å². The minimum absolute atomic E-state index is 0.153. The lowest BCUT2D eigenvalue weighted by atomic mass is 9.73. The monoisotopic (exact) mass is 511 g/mol. The summed E-state index contributed by atoms with van der Waals surface area (Å²) in [5.74, 6) is 0. The summed E-state index contributed by atoms with van der Waals surface area (Å²) in [5.41, 5.74) is 10.7. The number of hydrogen-bond donors (Lipinski definition) is 1. The molecule has 28 heavy (non-hydrogen) atoms. The molecule has 0 bridgehead atoms. The largest absolute Gasteiger partial charge is 0.382 e. The Balaban J connectivity index is 1.97. The van der Waals surface area contributed by atoms with Gasteiger partial charge >= 0.3 is 0 Å². The third kappa shape index (κ3) is 4.69. The lowest BCUT2D eigenvalue weighted by Crippen LogP contribution is -2.30. The second-order valence-electron chi connectivity index (χ2n) is 6.97. The highest BCUT2D eigenvalue weighted by molar-refractivity contribution is 9.10. The van der Waals surface area contributed by atoms with E-state index in [4.69, 9.17) is 19.9 Å². The standard InChI is InChI=1S/C22H27Br2NO3/c1-26-12-13-28-10-7-22(6-9-27-11-8-25)20-14-16(23)2-4-18(20)19-5-3-17(24)15-21(19)22/h2-5,14-15H,6-13,25H2,1H3. The number of halogens is 2. The minimum atomic E-state index is -0.153. The molecule has 2 aromatic carbocycles. The maximum absolute atomic E-state index is 5.87. The van der Waals surface area contributed by atoms with E-state index in [1.807, 2.05) is 0 Å². The molecule has 152 valence electrons. The van der Waals surface area contributed by atoms with Gasteiger partial charge in [0.05, 0.1) is 19.8 Å². The Bertz CT molecular complexity index is 746. The lowest BCUT2D eigenvalue weighted by Gasteiger charge is -2.32. The summed E-state index contributed by atoms with van der Waals surface area (Å²) in [4.78, 5) is 0. The first-order chi connectivity index (χ1) is 13.6. The van der Waals surface area contributed by atoms with E-state index < -0.39 is 0 Å². The van der Waals surface area contributed by atoms with Crippen LogP contribution in [0.2, 0.25) is 0 Å². The number of benzene rings is 2. The number of hydrogen-bond acceptors (Lipinski definition) is 4. The third-order valence-corrected chi connectivity index (χ3v) is 6.31. The third-order valence-electron chi connectivity index (χ3n) is 5.32. The Hall–Kier alpha value is -0.760.